The number of carbonyl (C=O) groups excluding carboxylic acids is 1. The van der Waals surface area contributed by atoms with Crippen LogP contribution in [0, 0.1) is 0 Å². The molecule has 0 heterocycles. The highest BCUT2D eigenvalue weighted by Crippen LogP contribution is 2.20. The minimum absolute atomic E-state index is 0.833. The maximum absolute atomic E-state index is 11.6. The van der Waals surface area contributed by atoms with Crippen LogP contribution in [0.3, 0.4) is 0 Å². The molecule has 0 saturated heterocycles. The summed E-state index contributed by atoms with van der Waals surface area (Å²) in [4.78, 5) is 10.3. The number of esters is 1. The molecule has 1 unspecified atom stereocenters. The summed E-state index contributed by atoms with van der Waals surface area (Å²) in [6, 6.07) is -2.13. The van der Waals surface area contributed by atoms with E-state index in [1.54, 1.807) is 0 Å². The fourth-order valence-electron chi connectivity index (χ4n) is 0.379. The summed E-state index contributed by atoms with van der Waals surface area (Å²) >= 11 is 0. The lowest BCUT2D eigenvalue weighted by Gasteiger charge is -2.13. The second kappa shape index (κ2) is 3.56. The summed E-state index contributed by atoms with van der Waals surface area (Å²) in [7, 11) is 1.01. The molecule has 0 spiro atoms. The summed E-state index contributed by atoms with van der Waals surface area (Å²) in [5, 5.41) is 0. The molecular weight excluding hydrogens is 163 g/mol. The fraction of sp³-hybridized carbons (Fsp3) is 0.800. The van der Waals surface area contributed by atoms with Crippen LogP contribution in [0.25, 0.3) is 0 Å². The number of ether oxygens (including phenoxy) is 1. The monoisotopic (exact) mass is 171 g/mol. The first kappa shape index (κ1) is 10.2. The van der Waals surface area contributed by atoms with E-state index in [4.69, 9.17) is 0 Å². The zero-order valence-electron chi connectivity index (χ0n) is 5.81. The predicted molar refractivity (Wildman–Crippen MR) is 30.7 cm³/mol. The standard InChI is InChI=1S/C5H8F3NO2/c1-11-4(10)2-3(9)5(6,7)8/h3H,2,9H2,1H3. The van der Waals surface area contributed by atoms with Crippen molar-refractivity contribution in [3.8, 4) is 0 Å². The molecule has 0 rings (SSSR count). The number of halogens is 3. The maximum Gasteiger partial charge on any atom is 0.404 e. The van der Waals surface area contributed by atoms with Crippen LogP contribution in [0.2, 0.25) is 0 Å². The molecule has 1 atom stereocenters. The van der Waals surface area contributed by atoms with Crippen LogP contribution in [0.1, 0.15) is 6.42 Å². The fourth-order valence-corrected chi connectivity index (χ4v) is 0.379. The van der Waals surface area contributed by atoms with Crippen molar-refractivity contribution in [2.75, 3.05) is 7.11 Å². The smallest absolute Gasteiger partial charge is 0.404 e. The number of carbonyl (C=O) groups is 1. The van der Waals surface area contributed by atoms with Crippen molar-refractivity contribution in [1.29, 1.82) is 0 Å². The Morgan fingerprint density at radius 3 is 2.36 bits per heavy atom. The lowest BCUT2D eigenvalue weighted by Crippen LogP contribution is -2.39. The lowest BCUT2D eigenvalue weighted by atomic mass is 10.2. The predicted octanol–water partition coefficient (Wildman–Crippen LogP) is 0.439. The number of rotatable bonds is 2. The zero-order valence-corrected chi connectivity index (χ0v) is 5.81. The van der Waals surface area contributed by atoms with Crippen LogP contribution in [-0.2, 0) is 9.53 Å². The van der Waals surface area contributed by atoms with Gasteiger partial charge in [-0.25, -0.2) is 0 Å². The van der Waals surface area contributed by atoms with Gasteiger partial charge in [0.1, 0.15) is 6.04 Å². The lowest BCUT2D eigenvalue weighted by molar-refractivity contribution is -0.162. The van der Waals surface area contributed by atoms with E-state index in [9.17, 15) is 18.0 Å². The van der Waals surface area contributed by atoms with E-state index < -0.39 is 24.6 Å². The van der Waals surface area contributed by atoms with Crippen molar-refractivity contribution in [3.05, 3.63) is 0 Å². The normalized spacial score (nSPS) is 14.3. The van der Waals surface area contributed by atoms with E-state index in [2.05, 4.69) is 10.5 Å². The third-order valence-corrected chi connectivity index (χ3v) is 1.03. The molecule has 0 aromatic heterocycles. The minimum Gasteiger partial charge on any atom is -0.469 e. The van der Waals surface area contributed by atoms with E-state index in [-0.39, 0.29) is 0 Å². The summed E-state index contributed by atoms with van der Waals surface area (Å²) < 4.78 is 38.8. The van der Waals surface area contributed by atoms with Gasteiger partial charge in [-0.2, -0.15) is 13.2 Å². The van der Waals surface area contributed by atoms with Gasteiger partial charge in [-0.1, -0.05) is 0 Å². The summed E-state index contributed by atoms with van der Waals surface area (Å²) in [5.41, 5.74) is 4.60. The molecule has 11 heavy (non-hydrogen) atoms. The molecule has 2 N–H and O–H groups in total. The van der Waals surface area contributed by atoms with Crippen LogP contribution in [0.4, 0.5) is 13.2 Å². The number of hydrogen-bond donors (Lipinski definition) is 1. The molecule has 3 nitrogen and oxygen atoms in total. The van der Waals surface area contributed by atoms with Crippen molar-refractivity contribution in [2.45, 2.75) is 18.6 Å². The molecule has 0 amide bonds. The second-order valence-electron chi connectivity index (χ2n) is 1.93. The molecule has 6 heteroatoms. The van der Waals surface area contributed by atoms with Crippen molar-refractivity contribution in [3.63, 3.8) is 0 Å². The Morgan fingerprint density at radius 1 is 1.64 bits per heavy atom. The first-order valence-electron chi connectivity index (χ1n) is 2.77. The van der Waals surface area contributed by atoms with E-state index in [1.165, 1.54) is 0 Å². The van der Waals surface area contributed by atoms with Crippen molar-refractivity contribution in [2.24, 2.45) is 5.73 Å². The van der Waals surface area contributed by atoms with Crippen LogP contribution in [0.15, 0.2) is 0 Å². The van der Waals surface area contributed by atoms with E-state index in [1.807, 2.05) is 0 Å². The molecule has 66 valence electrons. The van der Waals surface area contributed by atoms with Gasteiger partial charge in [-0.3, -0.25) is 4.79 Å². The molecular formula is C5H8F3NO2. The van der Waals surface area contributed by atoms with Gasteiger partial charge in [0.2, 0.25) is 0 Å². The topological polar surface area (TPSA) is 52.3 Å². The minimum atomic E-state index is -4.53. The molecule has 0 fully saturated rings. The highest BCUT2D eigenvalue weighted by Gasteiger charge is 2.38. The zero-order chi connectivity index (χ0) is 9.07. The molecule has 0 aliphatic rings. The van der Waals surface area contributed by atoms with Gasteiger partial charge >= 0.3 is 12.1 Å². The Morgan fingerprint density at radius 2 is 2.09 bits per heavy atom. The molecule has 0 aromatic carbocycles. The SMILES string of the molecule is COC(=O)CC(N)C(F)(F)F. The Hall–Kier alpha value is -0.780. The average Bonchev–Trinajstić information content (AvgIpc) is 1.85. The van der Waals surface area contributed by atoms with E-state index >= 15 is 0 Å². The Balaban J connectivity index is 3.87. The molecule has 0 bridgehead atoms. The molecule has 0 aromatic rings. The van der Waals surface area contributed by atoms with E-state index in [0.717, 1.165) is 7.11 Å². The van der Waals surface area contributed by atoms with Gasteiger partial charge in [0.05, 0.1) is 13.5 Å². The second-order valence-corrected chi connectivity index (χ2v) is 1.93. The van der Waals surface area contributed by atoms with Gasteiger partial charge in [-0.15, -0.1) is 0 Å². The van der Waals surface area contributed by atoms with Crippen molar-refractivity contribution in [1.82, 2.24) is 0 Å². The first-order valence-corrected chi connectivity index (χ1v) is 2.77. The van der Waals surface area contributed by atoms with Crippen LogP contribution < -0.4 is 5.73 Å². The maximum atomic E-state index is 11.6. The van der Waals surface area contributed by atoms with Crippen molar-refractivity contribution < 1.29 is 22.7 Å². The highest BCUT2D eigenvalue weighted by molar-refractivity contribution is 5.69. The van der Waals surface area contributed by atoms with Gasteiger partial charge in [0.15, 0.2) is 0 Å². The average molecular weight is 171 g/mol. The molecule has 0 saturated carbocycles. The summed E-state index contributed by atoms with van der Waals surface area (Å²) in [6.07, 6.45) is -5.37. The Labute approximate surface area is 61.3 Å². The first-order chi connectivity index (χ1) is 4.88. The van der Waals surface area contributed by atoms with Gasteiger partial charge < -0.3 is 10.5 Å². The number of methoxy groups -OCH3 is 1. The van der Waals surface area contributed by atoms with Crippen LogP contribution in [0.5, 0.6) is 0 Å². The number of hydrogen-bond acceptors (Lipinski definition) is 3. The number of alkyl halides is 3. The van der Waals surface area contributed by atoms with Gasteiger partial charge in [-0.05, 0) is 0 Å². The van der Waals surface area contributed by atoms with Gasteiger partial charge in [0, 0.05) is 0 Å². The third-order valence-electron chi connectivity index (χ3n) is 1.03. The molecule has 0 aliphatic carbocycles. The van der Waals surface area contributed by atoms with Crippen LogP contribution >= 0.6 is 0 Å². The third kappa shape index (κ3) is 3.82. The van der Waals surface area contributed by atoms with Gasteiger partial charge in [0.25, 0.3) is 0 Å². The molecule has 0 aliphatic heterocycles. The highest BCUT2D eigenvalue weighted by atomic mass is 19.4. The summed E-state index contributed by atoms with van der Waals surface area (Å²) in [6.45, 7) is 0. The Kier molecular flexibility index (Phi) is 3.31. The van der Waals surface area contributed by atoms with Crippen molar-refractivity contribution >= 4 is 5.97 Å². The van der Waals surface area contributed by atoms with Crippen LogP contribution in [-0.4, -0.2) is 25.3 Å². The Bertz CT molecular complexity index is 145. The quantitative estimate of drug-likeness (QED) is 0.613. The van der Waals surface area contributed by atoms with E-state index in [0.29, 0.717) is 0 Å². The molecule has 0 radical (unpaired) electrons. The largest absolute Gasteiger partial charge is 0.469 e. The summed E-state index contributed by atoms with van der Waals surface area (Å²) in [5.74, 6) is -0.963. The number of nitrogens with two attached hydrogens (primary N) is 1.